The molecule has 0 bridgehead atoms. The van der Waals surface area contributed by atoms with Gasteiger partial charge in [0.25, 0.3) is 0 Å². The van der Waals surface area contributed by atoms with E-state index in [0.717, 1.165) is 5.82 Å². The third-order valence-corrected chi connectivity index (χ3v) is 2.89. The zero-order valence-corrected chi connectivity index (χ0v) is 7.93. The van der Waals surface area contributed by atoms with Gasteiger partial charge in [-0.3, -0.25) is 0 Å². The molecule has 0 spiro atoms. The highest BCUT2D eigenvalue weighted by Gasteiger charge is 2.04. The van der Waals surface area contributed by atoms with Crippen molar-refractivity contribution in [3.63, 3.8) is 0 Å². The van der Waals surface area contributed by atoms with Crippen molar-refractivity contribution in [1.82, 2.24) is 9.55 Å². The molecule has 2 nitrogen and oxygen atoms in total. The Labute approximate surface area is 75.5 Å². The van der Waals surface area contributed by atoms with Gasteiger partial charge in [-0.25, -0.2) is 4.98 Å². The highest BCUT2D eigenvalue weighted by Crippen LogP contribution is 2.24. The summed E-state index contributed by atoms with van der Waals surface area (Å²) in [6.45, 7) is 2.01. The van der Waals surface area contributed by atoms with Crippen LogP contribution in [-0.4, -0.2) is 9.55 Å². The first kappa shape index (κ1) is 7.55. The van der Waals surface area contributed by atoms with Gasteiger partial charge in [-0.05, 0) is 18.4 Å². The molecule has 0 fully saturated rings. The normalized spacial score (nSPS) is 10.5. The Morgan fingerprint density at radius 3 is 2.83 bits per heavy atom. The first-order valence-corrected chi connectivity index (χ1v) is 4.69. The molecule has 2 aromatic rings. The molecule has 0 amide bonds. The van der Waals surface area contributed by atoms with Crippen LogP contribution in [0.25, 0.3) is 10.6 Å². The summed E-state index contributed by atoms with van der Waals surface area (Å²) in [4.78, 5) is 5.52. The van der Waals surface area contributed by atoms with E-state index in [4.69, 9.17) is 0 Å². The first-order chi connectivity index (χ1) is 5.79. The van der Waals surface area contributed by atoms with E-state index in [1.807, 2.05) is 20.2 Å². The summed E-state index contributed by atoms with van der Waals surface area (Å²) in [7, 11) is 2.04. The van der Waals surface area contributed by atoms with Gasteiger partial charge < -0.3 is 4.57 Å². The fourth-order valence-corrected chi connectivity index (χ4v) is 1.93. The molecule has 2 heterocycles. The highest BCUT2D eigenvalue weighted by atomic mass is 32.1. The van der Waals surface area contributed by atoms with Crippen molar-refractivity contribution in [2.45, 2.75) is 6.92 Å². The van der Waals surface area contributed by atoms with E-state index in [0.29, 0.717) is 0 Å². The lowest BCUT2D eigenvalue weighted by Gasteiger charge is -1.99. The number of nitrogens with zero attached hydrogens (tertiary/aromatic N) is 2. The number of hydrogen-bond acceptors (Lipinski definition) is 2. The van der Waals surface area contributed by atoms with E-state index in [9.17, 15) is 0 Å². The molecule has 0 unspecified atom stereocenters. The SMILES string of the molecule is Cc1ncc(-c2cccs2)n1C. The van der Waals surface area contributed by atoms with Gasteiger partial charge in [0, 0.05) is 7.05 Å². The average Bonchev–Trinajstić information content (AvgIpc) is 2.64. The van der Waals surface area contributed by atoms with Crippen LogP contribution in [0.2, 0.25) is 0 Å². The second kappa shape index (κ2) is 2.75. The maximum Gasteiger partial charge on any atom is 0.105 e. The highest BCUT2D eigenvalue weighted by molar-refractivity contribution is 7.13. The lowest BCUT2D eigenvalue weighted by Crippen LogP contribution is -1.92. The molecule has 2 rings (SSSR count). The summed E-state index contributed by atoms with van der Waals surface area (Å²) in [6, 6.07) is 4.17. The minimum Gasteiger partial charge on any atom is -0.331 e. The molecule has 3 heteroatoms. The molecule has 0 N–H and O–H groups in total. The largest absolute Gasteiger partial charge is 0.331 e. The van der Waals surface area contributed by atoms with Crippen LogP contribution in [0.1, 0.15) is 5.82 Å². The van der Waals surface area contributed by atoms with Crippen LogP contribution in [-0.2, 0) is 7.05 Å². The molecule has 0 aliphatic carbocycles. The van der Waals surface area contributed by atoms with Crippen molar-refractivity contribution in [2.75, 3.05) is 0 Å². The summed E-state index contributed by atoms with van der Waals surface area (Å²) in [5.74, 6) is 1.05. The van der Waals surface area contributed by atoms with Gasteiger partial charge in [0.05, 0.1) is 16.8 Å². The third kappa shape index (κ3) is 1.06. The Morgan fingerprint density at radius 1 is 1.50 bits per heavy atom. The Hall–Kier alpha value is -1.09. The summed E-state index contributed by atoms with van der Waals surface area (Å²) >= 11 is 1.74. The second-order valence-corrected chi connectivity index (χ2v) is 3.67. The van der Waals surface area contributed by atoms with Crippen LogP contribution in [0.4, 0.5) is 0 Å². The molecule has 0 aliphatic rings. The molecule has 62 valence electrons. The molecule has 0 atom stereocenters. The summed E-state index contributed by atoms with van der Waals surface area (Å²) in [5.41, 5.74) is 1.20. The molecule has 0 saturated carbocycles. The van der Waals surface area contributed by atoms with Gasteiger partial charge in [-0.15, -0.1) is 11.3 Å². The molecular weight excluding hydrogens is 168 g/mol. The van der Waals surface area contributed by atoms with E-state index in [-0.39, 0.29) is 0 Å². The number of imidazole rings is 1. The van der Waals surface area contributed by atoms with Crippen molar-refractivity contribution in [2.24, 2.45) is 7.05 Å². The standard InChI is InChI=1S/C9H10N2S/c1-7-10-6-8(11(7)2)9-4-3-5-12-9/h3-6H,1-2H3. The summed E-state index contributed by atoms with van der Waals surface area (Å²) in [6.07, 6.45) is 1.92. The van der Waals surface area contributed by atoms with Crippen molar-refractivity contribution >= 4 is 11.3 Å². The van der Waals surface area contributed by atoms with E-state index in [1.54, 1.807) is 11.3 Å². The number of rotatable bonds is 1. The number of thiophene rings is 1. The smallest absolute Gasteiger partial charge is 0.105 e. The zero-order chi connectivity index (χ0) is 8.55. The fraction of sp³-hybridized carbons (Fsp3) is 0.222. The molecule has 0 saturated heterocycles. The van der Waals surface area contributed by atoms with Crippen LogP contribution in [0.3, 0.4) is 0 Å². The fourth-order valence-electron chi connectivity index (χ4n) is 1.16. The van der Waals surface area contributed by atoms with Crippen molar-refractivity contribution in [3.8, 4) is 10.6 Å². The topological polar surface area (TPSA) is 17.8 Å². The summed E-state index contributed by atoms with van der Waals surface area (Å²) in [5, 5.41) is 2.08. The van der Waals surface area contributed by atoms with Crippen LogP contribution >= 0.6 is 11.3 Å². The number of aromatic nitrogens is 2. The maximum absolute atomic E-state index is 4.24. The van der Waals surface area contributed by atoms with Gasteiger partial charge in [0.15, 0.2) is 0 Å². The minimum absolute atomic E-state index is 1.05. The monoisotopic (exact) mass is 178 g/mol. The lowest BCUT2D eigenvalue weighted by atomic mass is 10.4. The maximum atomic E-state index is 4.24. The lowest BCUT2D eigenvalue weighted by molar-refractivity contribution is 0.866. The van der Waals surface area contributed by atoms with Gasteiger partial charge >= 0.3 is 0 Å². The van der Waals surface area contributed by atoms with Crippen LogP contribution in [0.5, 0.6) is 0 Å². The third-order valence-electron chi connectivity index (χ3n) is 1.99. The molecule has 12 heavy (non-hydrogen) atoms. The van der Waals surface area contributed by atoms with Gasteiger partial charge in [-0.1, -0.05) is 6.07 Å². The van der Waals surface area contributed by atoms with Crippen molar-refractivity contribution in [1.29, 1.82) is 0 Å². The van der Waals surface area contributed by atoms with Gasteiger partial charge in [0.2, 0.25) is 0 Å². The Bertz CT molecular complexity index is 373. The Morgan fingerprint density at radius 2 is 2.33 bits per heavy atom. The molecular formula is C9H10N2S. The first-order valence-electron chi connectivity index (χ1n) is 3.81. The van der Waals surface area contributed by atoms with Crippen LogP contribution in [0, 0.1) is 6.92 Å². The number of aryl methyl sites for hydroxylation is 1. The predicted molar refractivity (Wildman–Crippen MR) is 51.3 cm³/mol. The van der Waals surface area contributed by atoms with Crippen molar-refractivity contribution in [3.05, 3.63) is 29.5 Å². The Balaban J connectivity index is 2.55. The summed E-state index contributed by atoms with van der Waals surface area (Å²) < 4.78 is 2.10. The molecule has 2 aromatic heterocycles. The number of hydrogen-bond donors (Lipinski definition) is 0. The van der Waals surface area contributed by atoms with Crippen LogP contribution < -0.4 is 0 Å². The average molecular weight is 178 g/mol. The van der Waals surface area contributed by atoms with E-state index in [1.165, 1.54) is 10.6 Å². The molecule has 0 aromatic carbocycles. The predicted octanol–water partition coefficient (Wildman–Crippen LogP) is 2.46. The van der Waals surface area contributed by atoms with Gasteiger partial charge in [0.1, 0.15) is 5.82 Å². The molecule has 0 radical (unpaired) electrons. The van der Waals surface area contributed by atoms with Crippen LogP contribution in [0.15, 0.2) is 23.7 Å². The van der Waals surface area contributed by atoms with E-state index >= 15 is 0 Å². The van der Waals surface area contributed by atoms with E-state index in [2.05, 4.69) is 27.1 Å². The minimum atomic E-state index is 1.05. The molecule has 0 aliphatic heterocycles. The van der Waals surface area contributed by atoms with Crippen molar-refractivity contribution < 1.29 is 0 Å². The quantitative estimate of drug-likeness (QED) is 0.656. The Kier molecular flexibility index (Phi) is 1.73. The van der Waals surface area contributed by atoms with Gasteiger partial charge in [-0.2, -0.15) is 0 Å². The van der Waals surface area contributed by atoms with E-state index < -0.39 is 0 Å². The zero-order valence-electron chi connectivity index (χ0n) is 7.11. The second-order valence-electron chi connectivity index (χ2n) is 2.73.